The first kappa shape index (κ1) is 13.3. The first-order chi connectivity index (χ1) is 8.56. The monoisotopic (exact) mass is 254 g/mol. The smallest absolute Gasteiger partial charge is 0.248 e. The van der Waals surface area contributed by atoms with E-state index in [0.29, 0.717) is 19.0 Å². The van der Waals surface area contributed by atoms with Crippen molar-refractivity contribution in [3.63, 3.8) is 0 Å². The van der Waals surface area contributed by atoms with Gasteiger partial charge in [0, 0.05) is 25.6 Å². The van der Waals surface area contributed by atoms with Crippen molar-refractivity contribution in [2.45, 2.75) is 32.8 Å². The van der Waals surface area contributed by atoms with Crippen LogP contribution in [0.5, 0.6) is 0 Å². The van der Waals surface area contributed by atoms with Gasteiger partial charge in [-0.05, 0) is 18.8 Å². The highest BCUT2D eigenvalue weighted by Gasteiger charge is 2.31. The van der Waals surface area contributed by atoms with Crippen LogP contribution in [0.25, 0.3) is 0 Å². The summed E-state index contributed by atoms with van der Waals surface area (Å²) in [5, 5.41) is 2.90. The number of rotatable bonds is 5. The van der Waals surface area contributed by atoms with Gasteiger partial charge in [0.05, 0.1) is 6.10 Å². The third-order valence-electron chi connectivity index (χ3n) is 3.26. The highest BCUT2D eigenvalue weighted by Crippen LogP contribution is 2.28. The molecule has 5 nitrogen and oxygen atoms in total. The highest BCUT2D eigenvalue weighted by atomic mass is 16.5. The molecule has 5 heteroatoms. The predicted octanol–water partition coefficient (Wildman–Crippen LogP) is 0.396. The topological polar surface area (TPSA) is 58.6 Å². The van der Waals surface area contributed by atoms with Gasteiger partial charge in [0.2, 0.25) is 11.8 Å². The minimum Gasteiger partial charge on any atom is -0.365 e. The van der Waals surface area contributed by atoms with Gasteiger partial charge in [0.1, 0.15) is 6.61 Å². The predicted molar refractivity (Wildman–Crippen MR) is 66.9 cm³/mol. The van der Waals surface area contributed by atoms with Gasteiger partial charge in [-0.3, -0.25) is 9.59 Å². The normalized spacial score (nSPS) is 24.5. The molecule has 2 aliphatic rings. The van der Waals surface area contributed by atoms with Gasteiger partial charge in [-0.15, -0.1) is 0 Å². The molecule has 0 aromatic carbocycles. The summed E-state index contributed by atoms with van der Waals surface area (Å²) in [4.78, 5) is 25.0. The molecule has 0 aromatic rings. The second kappa shape index (κ2) is 5.69. The lowest BCUT2D eigenvalue weighted by atomic mass is 10.1. The van der Waals surface area contributed by atoms with Crippen LogP contribution in [0.1, 0.15) is 26.7 Å². The number of nitrogens with one attached hydrogen (secondary N) is 1. The van der Waals surface area contributed by atoms with E-state index in [9.17, 15) is 9.59 Å². The average Bonchev–Trinajstić information content (AvgIpc) is 3.13. The molecule has 1 aliphatic carbocycles. The summed E-state index contributed by atoms with van der Waals surface area (Å²) in [5.41, 5.74) is 0. The van der Waals surface area contributed by atoms with E-state index in [1.165, 1.54) is 0 Å². The maximum atomic E-state index is 11.6. The van der Waals surface area contributed by atoms with Crippen molar-refractivity contribution in [3.8, 4) is 0 Å². The van der Waals surface area contributed by atoms with Gasteiger partial charge < -0.3 is 15.0 Å². The number of morpholine rings is 1. The molecule has 0 radical (unpaired) electrons. The van der Waals surface area contributed by atoms with Crippen LogP contribution >= 0.6 is 0 Å². The summed E-state index contributed by atoms with van der Waals surface area (Å²) in [6.07, 6.45) is 1.95. The lowest BCUT2D eigenvalue weighted by Crippen LogP contribution is -2.51. The largest absolute Gasteiger partial charge is 0.365 e. The molecule has 0 bridgehead atoms. The highest BCUT2D eigenvalue weighted by molar-refractivity contribution is 5.81. The van der Waals surface area contributed by atoms with Crippen molar-refractivity contribution < 1.29 is 14.3 Å². The number of carbonyl (C=O) groups excluding carboxylic acids is 2. The van der Waals surface area contributed by atoms with E-state index in [0.717, 1.165) is 19.4 Å². The second-order valence-corrected chi connectivity index (χ2v) is 5.65. The van der Waals surface area contributed by atoms with Crippen molar-refractivity contribution in [2.24, 2.45) is 11.8 Å². The number of nitrogens with zero attached hydrogens (tertiary/aromatic N) is 1. The lowest BCUT2D eigenvalue weighted by molar-refractivity contribution is -0.149. The van der Waals surface area contributed by atoms with Crippen molar-refractivity contribution in [1.29, 1.82) is 0 Å². The third-order valence-corrected chi connectivity index (χ3v) is 3.26. The Labute approximate surface area is 108 Å². The average molecular weight is 254 g/mol. The third kappa shape index (κ3) is 3.70. The summed E-state index contributed by atoms with van der Waals surface area (Å²) < 4.78 is 5.45. The lowest BCUT2D eigenvalue weighted by Gasteiger charge is -2.33. The molecular formula is C13H22N2O3. The van der Waals surface area contributed by atoms with Crippen LogP contribution in [-0.4, -0.2) is 49.1 Å². The Bertz CT molecular complexity index is 326. The van der Waals surface area contributed by atoms with Crippen molar-refractivity contribution in [2.75, 3.05) is 26.2 Å². The minimum absolute atomic E-state index is 0.0495. The Morgan fingerprint density at radius 2 is 2.22 bits per heavy atom. The zero-order valence-electron chi connectivity index (χ0n) is 11.1. The molecule has 0 spiro atoms. The Morgan fingerprint density at radius 3 is 2.83 bits per heavy atom. The molecule has 2 rings (SSSR count). The van der Waals surface area contributed by atoms with Crippen molar-refractivity contribution in [3.05, 3.63) is 0 Å². The molecule has 18 heavy (non-hydrogen) atoms. The maximum absolute atomic E-state index is 11.6. The van der Waals surface area contributed by atoms with Gasteiger partial charge in [0.15, 0.2) is 0 Å². The number of ether oxygens (including phenoxy) is 1. The Morgan fingerprint density at radius 1 is 1.50 bits per heavy atom. The zero-order chi connectivity index (χ0) is 13.1. The minimum atomic E-state index is -0.0656. The first-order valence-corrected chi connectivity index (χ1v) is 6.73. The molecule has 102 valence electrons. The summed E-state index contributed by atoms with van der Waals surface area (Å²) in [6.45, 7) is 6.17. The quantitative estimate of drug-likeness (QED) is 0.772. The molecule has 1 unspecified atom stereocenters. The van der Waals surface area contributed by atoms with Gasteiger partial charge >= 0.3 is 0 Å². The number of amides is 2. The van der Waals surface area contributed by atoms with Crippen LogP contribution in [0.2, 0.25) is 0 Å². The van der Waals surface area contributed by atoms with E-state index in [1.54, 1.807) is 0 Å². The van der Waals surface area contributed by atoms with Gasteiger partial charge in [-0.25, -0.2) is 0 Å². The van der Waals surface area contributed by atoms with E-state index in [2.05, 4.69) is 19.2 Å². The fraction of sp³-hybridized carbons (Fsp3) is 0.846. The van der Waals surface area contributed by atoms with Crippen LogP contribution in [0.4, 0.5) is 0 Å². The Balaban J connectivity index is 1.75. The molecule has 1 N–H and O–H groups in total. The zero-order valence-corrected chi connectivity index (χ0v) is 11.1. The van der Waals surface area contributed by atoms with E-state index in [1.807, 2.05) is 4.90 Å². The van der Waals surface area contributed by atoms with Crippen molar-refractivity contribution in [1.82, 2.24) is 10.2 Å². The number of hydrogen-bond donors (Lipinski definition) is 1. The summed E-state index contributed by atoms with van der Waals surface area (Å²) >= 11 is 0. The molecular weight excluding hydrogens is 232 g/mol. The number of hydrogen-bond acceptors (Lipinski definition) is 3. The molecule has 0 aromatic heterocycles. The molecule has 1 aliphatic heterocycles. The standard InChI is InChI=1S/C13H22N2O3/c1-9(2)6-15-7-11(18-8-12(15)16)5-14-13(17)10-3-4-10/h9-11H,3-8H2,1-2H3,(H,14,17). The van der Waals surface area contributed by atoms with Crippen LogP contribution in [0.15, 0.2) is 0 Å². The Kier molecular flexibility index (Phi) is 4.22. The van der Waals surface area contributed by atoms with E-state index >= 15 is 0 Å². The van der Waals surface area contributed by atoms with Gasteiger partial charge in [0.25, 0.3) is 0 Å². The molecule has 2 amide bonds. The van der Waals surface area contributed by atoms with Crippen LogP contribution in [0.3, 0.4) is 0 Å². The van der Waals surface area contributed by atoms with Crippen LogP contribution in [-0.2, 0) is 14.3 Å². The second-order valence-electron chi connectivity index (χ2n) is 5.65. The molecule has 1 heterocycles. The van der Waals surface area contributed by atoms with E-state index in [-0.39, 0.29) is 30.4 Å². The molecule has 1 atom stereocenters. The van der Waals surface area contributed by atoms with Crippen molar-refractivity contribution >= 4 is 11.8 Å². The fourth-order valence-electron chi connectivity index (χ4n) is 2.13. The summed E-state index contributed by atoms with van der Waals surface area (Å²) in [5.74, 6) is 0.857. The van der Waals surface area contributed by atoms with Crippen LogP contribution < -0.4 is 5.32 Å². The SMILES string of the molecule is CC(C)CN1CC(CNC(=O)C2CC2)OCC1=O. The Hall–Kier alpha value is -1.10. The van der Waals surface area contributed by atoms with E-state index < -0.39 is 0 Å². The molecule has 1 saturated carbocycles. The van der Waals surface area contributed by atoms with Crippen LogP contribution in [0, 0.1) is 11.8 Å². The van der Waals surface area contributed by atoms with Gasteiger partial charge in [-0.1, -0.05) is 13.8 Å². The maximum Gasteiger partial charge on any atom is 0.248 e. The molecule has 1 saturated heterocycles. The first-order valence-electron chi connectivity index (χ1n) is 6.73. The number of carbonyl (C=O) groups is 2. The van der Waals surface area contributed by atoms with Gasteiger partial charge in [-0.2, -0.15) is 0 Å². The fourth-order valence-corrected chi connectivity index (χ4v) is 2.13. The molecule has 2 fully saturated rings. The van der Waals surface area contributed by atoms with E-state index in [4.69, 9.17) is 4.74 Å². The summed E-state index contributed by atoms with van der Waals surface area (Å²) in [7, 11) is 0. The summed E-state index contributed by atoms with van der Waals surface area (Å²) in [6, 6.07) is 0.